The molecule has 5 nitrogen and oxygen atoms in total. The van der Waals surface area contributed by atoms with Gasteiger partial charge in [-0.25, -0.2) is 0 Å². The highest BCUT2D eigenvalue weighted by atomic mass is 16.2. The average Bonchev–Trinajstić information content (AvgIpc) is 3.42. The van der Waals surface area contributed by atoms with E-state index in [4.69, 9.17) is 0 Å². The number of nitrogens with zero attached hydrogens (tertiary/aromatic N) is 3. The molecule has 0 spiro atoms. The Morgan fingerprint density at radius 2 is 1.41 bits per heavy atom. The normalized spacial score (nSPS) is 28.8. The van der Waals surface area contributed by atoms with E-state index < -0.39 is 0 Å². The predicted molar refractivity (Wildman–Crippen MR) is 106 cm³/mol. The number of carbonyl (C=O) groups excluding carboxylic acids is 2. The van der Waals surface area contributed by atoms with Crippen LogP contribution in [0.5, 0.6) is 0 Å². The van der Waals surface area contributed by atoms with Gasteiger partial charge in [-0.2, -0.15) is 0 Å². The van der Waals surface area contributed by atoms with Crippen LogP contribution in [0.1, 0.15) is 70.6 Å². The topological polar surface area (TPSA) is 43.9 Å². The van der Waals surface area contributed by atoms with E-state index >= 15 is 0 Å². The summed E-state index contributed by atoms with van der Waals surface area (Å²) in [6, 6.07) is 0.565. The summed E-state index contributed by atoms with van der Waals surface area (Å²) < 4.78 is 0. The van der Waals surface area contributed by atoms with Crippen molar-refractivity contribution in [3.8, 4) is 0 Å². The number of carbonyl (C=O) groups is 2. The maximum atomic E-state index is 12.8. The lowest BCUT2D eigenvalue weighted by molar-refractivity contribution is -0.136. The number of hydrogen-bond acceptors (Lipinski definition) is 3. The van der Waals surface area contributed by atoms with Gasteiger partial charge in [0.05, 0.1) is 5.92 Å². The minimum atomic E-state index is 0.207. The molecule has 4 aliphatic rings. The smallest absolute Gasteiger partial charge is 0.226 e. The third-order valence-corrected chi connectivity index (χ3v) is 7.49. The lowest BCUT2D eigenvalue weighted by Crippen LogP contribution is -2.51. The highest BCUT2D eigenvalue weighted by molar-refractivity contribution is 5.79. The number of piperidine rings is 2. The summed E-state index contributed by atoms with van der Waals surface area (Å²) in [4.78, 5) is 32.2. The number of rotatable bonds is 4. The van der Waals surface area contributed by atoms with Crippen LogP contribution in [-0.4, -0.2) is 71.8 Å². The Bertz CT molecular complexity index is 518. The summed E-state index contributed by atoms with van der Waals surface area (Å²) in [5.41, 5.74) is 0. The van der Waals surface area contributed by atoms with Crippen LogP contribution in [-0.2, 0) is 9.59 Å². The Morgan fingerprint density at radius 1 is 0.704 bits per heavy atom. The molecule has 0 N–H and O–H groups in total. The zero-order chi connectivity index (χ0) is 18.6. The molecule has 0 aromatic heterocycles. The van der Waals surface area contributed by atoms with Crippen LogP contribution >= 0.6 is 0 Å². The fourth-order valence-electron chi connectivity index (χ4n) is 5.81. The van der Waals surface area contributed by atoms with E-state index in [2.05, 4.69) is 14.7 Å². The molecule has 0 radical (unpaired) electrons. The van der Waals surface area contributed by atoms with Crippen molar-refractivity contribution >= 4 is 11.8 Å². The number of hydrogen-bond donors (Lipinski definition) is 0. The van der Waals surface area contributed by atoms with Gasteiger partial charge in [0.1, 0.15) is 0 Å². The second kappa shape index (κ2) is 8.93. The van der Waals surface area contributed by atoms with Crippen molar-refractivity contribution < 1.29 is 9.59 Å². The zero-order valence-corrected chi connectivity index (χ0v) is 16.9. The molecule has 5 heteroatoms. The van der Waals surface area contributed by atoms with Crippen LogP contribution in [0.15, 0.2) is 0 Å². The molecule has 0 aromatic rings. The number of amides is 2. The highest BCUT2D eigenvalue weighted by Gasteiger charge is 2.35. The molecule has 3 heterocycles. The molecule has 4 rings (SSSR count). The molecule has 0 aromatic carbocycles. The van der Waals surface area contributed by atoms with Gasteiger partial charge in [0.25, 0.3) is 0 Å². The van der Waals surface area contributed by atoms with Gasteiger partial charge in [-0.1, -0.05) is 12.8 Å². The molecule has 1 saturated carbocycles. The summed E-state index contributed by atoms with van der Waals surface area (Å²) in [5.74, 6) is 1.65. The van der Waals surface area contributed by atoms with E-state index in [-0.39, 0.29) is 5.92 Å². The van der Waals surface area contributed by atoms with Gasteiger partial charge >= 0.3 is 0 Å². The summed E-state index contributed by atoms with van der Waals surface area (Å²) in [5, 5.41) is 0. The molecule has 2 amide bonds. The van der Waals surface area contributed by atoms with Gasteiger partial charge in [0, 0.05) is 45.2 Å². The Hall–Kier alpha value is -1.10. The van der Waals surface area contributed by atoms with E-state index in [0.717, 1.165) is 71.4 Å². The Morgan fingerprint density at radius 3 is 2.11 bits per heavy atom. The largest absolute Gasteiger partial charge is 0.343 e. The van der Waals surface area contributed by atoms with E-state index in [0.29, 0.717) is 23.8 Å². The monoisotopic (exact) mass is 375 g/mol. The third kappa shape index (κ3) is 4.67. The summed E-state index contributed by atoms with van der Waals surface area (Å²) in [7, 11) is 0. The van der Waals surface area contributed by atoms with Crippen molar-refractivity contribution in [2.45, 2.75) is 76.7 Å². The first kappa shape index (κ1) is 19.2. The van der Waals surface area contributed by atoms with Crippen LogP contribution in [0, 0.1) is 11.8 Å². The van der Waals surface area contributed by atoms with Gasteiger partial charge < -0.3 is 9.80 Å². The van der Waals surface area contributed by atoms with E-state index in [9.17, 15) is 9.59 Å². The first-order valence-electron chi connectivity index (χ1n) is 11.5. The maximum absolute atomic E-state index is 12.8. The standard InChI is InChI=1S/C22H37N3O2/c26-21(16-18-6-1-2-7-18)23-14-9-20(10-15-23)25-13-5-8-19(17-25)22(27)24-11-3-4-12-24/h18-20H,1-17H2. The third-order valence-electron chi connectivity index (χ3n) is 7.49. The molecule has 0 bridgehead atoms. The summed E-state index contributed by atoms with van der Waals surface area (Å²) >= 11 is 0. The van der Waals surface area contributed by atoms with Gasteiger partial charge in [-0.15, -0.1) is 0 Å². The summed E-state index contributed by atoms with van der Waals surface area (Å²) in [6.07, 6.45) is 12.6. The van der Waals surface area contributed by atoms with E-state index in [1.165, 1.54) is 38.5 Å². The van der Waals surface area contributed by atoms with Gasteiger partial charge in [-0.05, 0) is 63.8 Å². The van der Waals surface area contributed by atoms with Crippen LogP contribution in [0.25, 0.3) is 0 Å². The van der Waals surface area contributed by atoms with Crippen molar-refractivity contribution in [3.63, 3.8) is 0 Å². The molecule has 4 fully saturated rings. The van der Waals surface area contributed by atoms with Gasteiger partial charge in [0.2, 0.25) is 11.8 Å². The van der Waals surface area contributed by atoms with Crippen LogP contribution in [0.4, 0.5) is 0 Å². The molecule has 27 heavy (non-hydrogen) atoms. The highest BCUT2D eigenvalue weighted by Crippen LogP contribution is 2.30. The molecular weight excluding hydrogens is 338 g/mol. The Kier molecular flexibility index (Phi) is 6.36. The first-order valence-corrected chi connectivity index (χ1v) is 11.5. The molecule has 3 aliphatic heterocycles. The molecule has 152 valence electrons. The molecule has 1 aliphatic carbocycles. The zero-order valence-electron chi connectivity index (χ0n) is 16.9. The quantitative estimate of drug-likeness (QED) is 0.759. The van der Waals surface area contributed by atoms with Crippen LogP contribution < -0.4 is 0 Å². The number of likely N-dealkylation sites (tertiary alicyclic amines) is 3. The fourth-order valence-corrected chi connectivity index (χ4v) is 5.81. The van der Waals surface area contributed by atoms with E-state index in [1.54, 1.807) is 0 Å². The van der Waals surface area contributed by atoms with Crippen molar-refractivity contribution in [1.29, 1.82) is 0 Å². The lowest BCUT2D eigenvalue weighted by Gasteiger charge is -2.42. The van der Waals surface area contributed by atoms with Gasteiger partial charge in [0.15, 0.2) is 0 Å². The van der Waals surface area contributed by atoms with Crippen molar-refractivity contribution in [3.05, 3.63) is 0 Å². The SMILES string of the molecule is O=C(CC1CCCC1)N1CCC(N2CCCC(C(=O)N3CCCC3)C2)CC1. The maximum Gasteiger partial charge on any atom is 0.226 e. The molecular formula is C22H37N3O2. The van der Waals surface area contributed by atoms with Crippen molar-refractivity contribution in [1.82, 2.24) is 14.7 Å². The fraction of sp³-hybridized carbons (Fsp3) is 0.909. The summed E-state index contributed by atoms with van der Waals surface area (Å²) in [6.45, 7) is 5.84. The second-order valence-corrected chi connectivity index (χ2v) is 9.33. The van der Waals surface area contributed by atoms with Crippen LogP contribution in [0.3, 0.4) is 0 Å². The molecule has 1 unspecified atom stereocenters. The molecule has 3 saturated heterocycles. The average molecular weight is 376 g/mol. The van der Waals surface area contributed by atoms with E-state index in [1.807, 2.05) is 0 Å². The minimum absolute atomic E-state index is 0.207. The van der Waals surface area contributed by atoms with Crippen molar-refractivity contribution in [2.75, 3.05) is 39.3 Å². The van der Waals surface area contributed by atoms with Crippen LogP contribution in [0.2, 0.25) is 0 Å². The van der Waals surface area contributed by atoms with Gasteiger partial charge in [-0.3, -0.25) is 14.5 Å². The Labute approximate surface area is 164 Å². The Balaban J connectivity index is 1.23. The minimum Gasteiger partial charge on any atom is -0.343 e. The second-order valence-electron chi connectivity index (χ2n) is 9.33. The predicted octanol–water partition coefficient (Wildman–Crippen LogP) is 2.89. The lowest BCUT2D eigenvalue weighted by atomic mass is 9.92. The first-order chi connectivity index (χ1) is 13.2. The molecule has 1 atom stereocenters. The van der Waals surface area contributed by atoms with Crippen molar-refractivity contribution in [2.24, 2.45) is 11.8 Å².